The van der Waals surface area contributed by atoms with Crippen molar-refractivity contribution in [2.24, 2.45) is 5.73 Å². The minimum Gasteiger partial charge on any atom is -0.468 e. The fourth-order valence-corrected chi connectivity index (χ4v) is 2.36. The SMILES string of the molecule is CCN(CC)c1cccnc1-c1coc(C)c1C(N)=O. The number of pyridine rings is 1. The van der Waals surface area contributed by atoms with Crippen LogP contribution in [0.15, 0.2) is 29.0 Å². The summed E-state index contributed by atoms with van der Waals surface area (Å²) in [4.78, 5) is 18.2. The molecule has 0 saturated heterocycles. The van der Waals surface area contributed by atoms with Crippen LogP contribution in [0.2, 0.25) is 0 Å². The van der Waals surface area contributed by atoms with Crippen molar-refractivity contribution in [3.8, 4) is 11.3 Å². The summed E-state index contributed by atoms with van der Waals surface area (Å²) in [6.07, 6.45) is 3.25. The Kier molecular flexibility index (Phi) is 4.08. The normalized spacial score (nSPS) is 10.6. The average molecular weight is 273 g/mol. The Morgan fingerprint density at radius 1 is 1.40 bits per heavy atom. The number of rotatable bonds is 5. The predicted molar refractivity (Wildman–Crippen MR) is 78.8 cm³/mol. The Labute approximate surface area is 118 Å². The van der Waals surface area contributed by atoms with E-state index in [-0.39, 0.29) is 0 Å². The van der Waals surface area contributed by atoms with Crippen molar-refractivity contribution in [2.45, 2.75) is 20.8 Å². The number of hydrogen-bond donors (Lipinski definition) is 1. The van der Waals surface area contributed by atoms with Crippen molar-refractivity contribution in [3.05, 3.63) is 35.9 Å². The number of nitrogens with two attached hydrogens (primary N) is 1. The van der Waals surface area contributed by atoms with Crippen molar-refractivity contribution in [1.82, 2.24) is 4.98 Å². The monoisotopic (exact) mass is 273 g/mol. The molecule has 5 heteroatoms. The number of anilines is 1. The number of primary amides is 1. The second-order valence-electron chi connectivity index (χ2n) is 4.49. The minimum atomic E-state index is -0.498. The first-order chi connectivity index (χ1) is 9.60. The summed E-state index contributed by atoms with van der Waals surface area (Å²) < 4.78 is 5.35. The Hall–Kier alpha value is -2.30. The molecule has 0 aliphatic heterocycles. The van der Waals surface area contributed by atoms with Crippen molar-refractivity contribution in [3.63, 3.8) is 0 Å². The lowest BCUT2D eigenvalue weighted by atomic mass is 10.1. The van der Waals surface area contributed by atoms with Gasteiger partial charge in [-0.15, -0.1) is 0 Å². The van der Waals surface area contributed by atoms with Gasteiger partial charge in [-0.25, -0.2) is 0 Å². The van der Waals surface area contributed by atoms with E-state index in [1.807, 2.05) is 12.1 Å². The summed E-state index contributed by atoms with van der Waals surface area (Å²) in [6, 6.07) is 3.87. The summed E-state index contributed by atoms with van der Waals surface area (Å²) in [7, 11) is 0. The van der Waals surface area contributed by atoms with Crippen molar-refractivity contribution in [1.29, 1.82) is 0 Å². The molecule has 2 heterocycles. The van der Waals surface area contributed by atoms with Crippen LogP contribution >= 0.6 is 0 Å². The molecule has 0 aromatic carbocycles. The van der Waals surface area contributed by atoms with E-state index in [2.05, 4.69) is 23.7 Å². The van der Waals surface area contributed by atoms with Crippen molar-refractivity contribution >= 4 is 11.6 Å². The number of hydrogen-bond acceptors (Lipinski definition) is 4. The number of carbonyl (C=O) groups is 1. The predicted octanol–water partition coefficient (Wildman–Crippen LogP) is 2.60. The van der Waals surface area contributed by atoms with E-state index in [0.717, 1.165) is 24.5 Å². The second-order valence-corrected chi connectivity index (χ2v) is 4.49. The van der Waals surface area contributed by atoms with Gasteiger partial charge in [0.25, 0.3) is 5.91 Å². The van der Waals surface area contributed by atoms with Gasteiger partial charge in [-0.05, 0) is 32.9 Å². The van der Waals surface area contributed by atoms with E-state index >= 15 is 0 Å². The van der Waals surface area contributed by atoms with Gasteiger partial charge in [0.05, 0.1) is 22.5 Å². The summed E-state index contributed by atoms with van der Waals surface area (Å²) in [6.45, 7) is 7.60. The fourth-order valence-electron chi connectivity index (χ4n) is 2.36. The van der Waals surface area contributed by atoms with Gasteiger partial charge in [-0.2, -0.15) is 0 Å². The maximum absolute atomic E-state index is 11.6. The quantitative estimate of drug-likeness (QED) is 0.908. The Bertz CT molecular complexity index is 615. The molecule has 0 aliphatic rings. The van der Waals surface area contributed by atoms with Crippen LogP contribution in [-0.4, -0.2) is 24.0 Å². The van der Waals surface area contributed by atoms with Crippen molar-refractivity contribution in [2.75, 3.05) is 18.0 Å². The Morgan fingerprint density at radius 3 is 2.70 bits per heavy atom. The third kappa shape index (κ3) is 2.39. The van der Waals surface area contributed by atoms with Gasteiger partial charge in [0, 0.05) is 19.3 Å². The molecule has 0 radical (unpaired) electrons. The van der Waals surface area contributed by atoms with E-state index in [4.69, 9.17) is 10.2 Å². The summed E-state index contributed by atoms with van der Waals surface area (Å²) in [5.74, 6) is 0.0195. The lowest BCUT2D eigenvalue weighted by molar-refractivity contribution is 0.0999. The third-order valence-corrected chi connectivity index (χ3v) is 3.37. The van der Waals surface area contributed by atoms with Crippen LogP contribution in [0.4, 0.5) is 5.69 Å². The van der Waals surface area contributed by atoms with E-state index in [1.165, 1.54) is 0 Å². The minimum absolute atomic E-state index is 0.400. The highest BCUT2D eigenvalue weighted by Crippen LogP contribution is 2.33. The van der Waals surface area contributed by atoms with Crippen LogP contribution in [0, 0.1) is 6.92 Å². The molecule has 2 aromatic heterocycles. The molecule has 0 fully saturated rings. The van der Waals surface area contributed by atoms with Crippen LogP contribution in [0.3, 0.4) is 0 Å². The first-order valence-electron chi connectivity index (χ1n) is 6.68. The van der Waals surface area contributed by atoms with Crippen LogP contribution in [0.25, 0.3) is 11.3 Å². The molecule has 0 spiro atoms. The number of aromatic nitrogens is 1. The zero-order chi connectivity index (χ0) is 14.7. The molecule has 5 nitrogen and oxygen atoms in total. The largest absolute Gasteiger partial charge is 0.468 e. The molecule has 0 saturated carbocycles. The van der Waals surface area contributed by atoms with Gasteiger partial charge in [0.1, 0.15) is 12.0 Å². The molecule has 20 heavy (non-hydrogen) atoms. The standard InChI is InChI=1S/C15H19N3O2/c1-4-18(5-2)12-7-6-8-17-14(12)11-9-20-10(3)13(11)15(16)19/h6-9H,4-5H2,1-3H3,(H2,16,19). The summed E-state index contributed by atoms with van der Waals surface area (Å²) in [5, 5.41) is 0. The average Bonchev–Trinajstić information content (AvgIpc) is 2.82. The second kappa shape index (κ2) is 5.77. The molecule has 2 rings (SSSR count). The van der Waals surface area contributed by atoms with Gasteiger partial charge < -0.3 is 15.1 Å². The van der Waals surface area contributed by atoms with Gasteiger partial charge in [0.2, 0.25) is 0 Å². The first kappa shape index (κ1) is 14.1. The molecule has 2 N–H and O–H groups in total. The molecular formula is C15H19N3O2. The van der Waals surface area contributed by atoms with Crippen LogP contribution in [0.1, 0.15) is 30.0 Å². The number of nitrogens with zero attached hydrogens (tertiary/aromatic N) is 2. The van der Waals surface area contributed by atoms with Gasteiger partial charge in [0.15, 0.2) is 0 Å². The van der Waals surface area contributed by atoms with Gasteiger partial charge >= 0.3 is 0 Å². The molecule has 1 amide bonds. The maximum Gasteiger partial charge on any atom is 0.252 e. The first-order valence-corrected chi connectivity index (χ1v) is 6.68. The van der Waals surface area contributed by atoms with Gasteiger partial charge in [-0.1, -0.05) is 0 Å². The van der Waals surface area contributed by atoms with E-state index < -0.39 is 5.91 Å². The molecule has 106 valence electrons. The van der Waals surface area contributed by atoms with E-state index in [0.29, 0.717) is 16.9 Å². The van der Waals surface area contributed by atoms with Crippen LogP contribution < -0.4 is 10.6 Å². The highest BCUT2D eigenvalue weighted by atomic mass is 16.3. The zero-order valence-corrected chi connectivity index (χ0v) is 12.0. The molecule has 2 aromatic rings. The maximum atomic E-state index is 11.6. The summed E-state index contributed by atoms with van der Waals surface area (Å²) >= 11 is 0. The lowest BCUT2D eigenvalue weighted by Gasteiger charge is -2.23. The number of aryl methyl sites for hydroxylation is 1. The zero-order valence-electron chi connectivity index (χ0n) is 12.0. The topological polar surface area (TPSA) is 72.4 Å². The Balaban J connectivity index is 2.62. The molecule has 0 aliphatic carbocycles. The molecule has 0 bridgehead atoms. The van der Waals surface area contributed by atoms with Crippen LogP contribution in [0.5, 0.6) is 0 Å². The highest BCUT2D eigenvalue weighted by Gasteiger charge is 2.21. The third-order valence-electron chi connectivity index (χ3n) is 3.37. The highest BCUT2D eigenvalue weighted by molar-refractivity contribution is 6.01. The lowest BCUT2D eigenvalue weighted by Crippen LogP contribution is -2.23. The van der Waals surface area contributed by atoms with Gasteiger partial charge in [-0.3, -0.25) is 9.78 Å². The van der Waals surface area contributed by atoms with E-state index in [1.54, 1.807) is 19.4 Å². The number of carbonyl (C=O) groups excluding carboxylic acids is 1. The van der Waals surface area contributed by atoms with E-state index in [9.17, 15) is 4.79 Å². The molecule has 0 atom stereocenters. The van der Waals surface area contributed by atoms with Crippen molar-refractivity contribution < 1.29 is 9.21 Å². The van der Waals surface area contributed by atoms with Crippen LogP contribution in [-0.2, 0) is 0 Å². The molecule has 0 unspecified atom stereocenters. The Morgan fingerprint density at radius 2 is 2.10 bits per heavy atom. The fraction of sp³-hybridized carbons (Fsp3) is 0.333. The number of amides is 1. The number of furan rings is 1. The summed E-state index contributed by atoms with van der Waals surface area (Å²) in [5.41, 5.74) is 8.20. The molecular weight excluding hydrogens is 254 g/mol. The smallest absolute Gasteiger partial charge is 0.252 e.